The molecule has 0 amide bonds. The highest BCUT2D eigenvalue weighted by Crippen LogP contribution is 2.27. The predicted octanol–water partition coefficient (Wildman–Crippen LogP) is 3.81. The zero-order valence-corrected chi connectivity index (χ0v) is 11.9. The molecule has 0 aliphatic heterocycles. The fourth-order valence-electron chi connectivity index (χ4n) is 2.50. The van der Waals surface area contributed by atoms with Crippen molar-refractivity contribution in [3.8, 4) is 11.1 Å². The van der Waals surface area contributed by atoms with Gasteiger partial charge in [-0.25, -0.2) is 5.43 Å². The van der Waals surface area contributed by atoms with Crippen LogP contribution in [0.15, 0.2) is 71.3 Å². The van der Waals surface area contributed by atoms with Gasteiger partial charge in [-0.15, -0.1) is 0 Å². The molecule has 1 unspecified atom stereocenters. The minimum Gasteiger partial charge on any atom is -0.467 e. The van der Waals surface area contributed by atoms with E-state index in [9.17, 15) is 0 Å². The van der Waals surface area contributed by atoms with Crippen LogP contribution in [0.4, 0.5) is 0 Å². The molecule has 106 valence electrons. The smallest absolute Gasteiger partial charge is 0.129 e. The summed E-state index contributed by atoms with van der Waals surface area (Å²) in [4.78, 5) is 0. The van der Waals surface area contributed by atoms with Crippen molar-refractivity contribution < 1.29 is 4.42 Å². The molecule has 0 fully saturated rings. The number of aryl methyl sites for hydroxylation is 1. The SMILES string of the molecule is Cc1ccoc1C(NN)c1ccc(-c2ccccc2)cc1. The van der Waals surface area contributed by atoms with Crippen molar-refractivity contribution in [2.24, 2.45) is 5.84 Å². The number of hydrogen-bond acceptors (Lipinski definition) is 3. The third-order valence-electron chi connectivity index (χ3n) is 3.68. The van der Waals surface area contributed by atoms with Crippen LogP contribution in [0.5, 0.6) is 0 Å². The average molecular weight is 278 g/mol. The normalized spacial score (nSPS) is 12.3. The Kier molecular flexibility index (Phi) is 3.86. The molecule has 0 aliphatic carbocycles. The standard InChI is InChI=1S/C18H18N2O/c1-13-11-12-21-18(13)17(20-19)16-9-7-15(8-10-16)14-5-3-2-4-6-14/h2-12,17,20H,19H2,1H3. The first-order chi connectivity index (χ1) is 10.3. The van der Waals surface area contributed by atoms with E-state index in [2.05, 4.69) is 41.8 Å². The van der Waals surface area contributed by atoms with Crippen LogP contribution in [0, 0.1) is 6.92 Å². The molecule has 21 heavy (non-hydrogen) atoms. The second-order valence-electron chi connectivity index (χ2n) is 5.06. The van der Waals surface area contributed by atoms with Gasteiger partial charge in [0.1, 0.15) is 11.8 Å². The van der Waals surface area contributed by atoms with Crippen molar-refractivity contribution in [2.75, 3.05) is 0 Å². The van der Waals surface area contributed by atoms with Gasteiger partial charge < -0.3 is 4.42 Å². The molecule has 0 saturated carbocycles. The van der Waals surface area contributed by atoms with Crippen LogP contribution in [0.1, 0.15) is 22.9 Å². The first kappa shape index (κ1) is 13.6. The Labute approximate surface area is 124 Å². The molecule has 3 N–H and O–H groups in total. The molecule has 1 atom stereocenters. The van der Waals surface area contributed by atoms with Gasteiger partial charge in [-0.3, -0.25) is 5.84 Å². The molecule has 3 heteroatoms. The van der Waals surface area contributed by atoms with E-state index in [1.807, 2.05) is 31.2 Å². The number of hydrogen-bond donors (Lipinski definition) is 2. The Morgan fingerprint density at radius 2 is 1.57 bits per heavy atom. The van der Waals surface area contributed by atoms with Crippen LogP contribution in [0.2, 0.25) is 0 Å². The minimum absolute atomic E-state index is 0.134. The van der Waals surface area contributed by atoms with Crippen molar-refractivity contribution in [1.82, 2.24) is 5.43 Å². The second kappa shape index (κ2) is 5.95. The molecule has 3 aromatic rings. The van der Waals surface area contributed by atoms with E-state index in [0.29, 0.717) is 0 Å². The molecule has 2 aromatic carbocycles. The maximum Gasteiger partial charge on any atom is 0.129 e. The van der Waals surface area contributed by atoms with Gasteiger partial charge in [0.15, 0.2) is 0 Å². The molecule has 0 radical (unpaired) electrons. The van der Waals surface area contributed by atoms with Gasteiger partial charge in [0.2, 0.25) is 0 Å². The quantitative estimate of drug-likeness (QED) is 0.563. The Morgan fingerprint density at radius 1 is 0.905 bits per heavy atom. The molecule has 3 rings (SSSR count). The van der Waals surface area contributed by atoms with Gasteiger partial charge >= 0.3 is 0 Å². The van der Waals surface area contributed by atoms with Gasteiger partial charge in [0, 0.05) is 0 Å². The lowest BCUT2D eigenvalue weighted by Gasteiger charge is -2.15. The summed E-state index contributed by atoms with van der Waals surface area (Å²) in [6.07, 6.45) is 1.69. The first-order valence-electron chi connectivity index (χ1n) is 6.95. The number of hydrazine groups is 1. The van der Waals surface area contributed by atoms with E-state index < -0.39 is 0 Å². The largest absolute Gasteiger partial charge is 0.467 e. The number of nitrogens with two attached hydrogens (primary N) is 1. The summed E-state index contributed by atoms with van der Waals surface area (Å²) >= 11 is 0. The number of nitrogens with one attached hydrogen (secondary N) is 1. The molecule has 0 bridgehead atoms. The van der Waals surface area contributed by atoms with E-state index in [4.69, 9.17) is 10.3 Å². The van der Waals surface area contributed by atoms with Gasteiger partial charge in [-0.1, -0.05) is 54.6 Å². The van der Waals surface area contributed by atoms with Crippen LogP contribution in [0.25, 0.3) is 11.1 Å². The van der Waals surface area contributed by atoms with Gasteiger partial charge in [0.25, 0.3) is 0 Å². The maximum atomic E-state index is 5.70. The molecule has 1 heterocycles. The van der Waals surface area contributed by atoms with Crippen LogP contribution in [0.3, 0.4) is 0 Å². The van der Waals surface area contributed by atoms with Crippen molar-refractivity contribution in [1.29, 1.82) is 0 Å². The van der Waals surface area contributed by atoms with Crippen LogP contribution in [-0.2, 0) is 0 Å². The van der Waals surface area contributed by atoms with E-state index in [1.165, 1.54) is 11.1 Å². The molecule has 3 nitrogen and oxygen atoms in total. The maximum absolute atomic E-state index is 5.70. The Morgan fingerprint density at radius 3 is 2.14 bits per heavy atom. The summed E-state index contributed by atoms with van der Waals surface area (Å²) in [5, 5.41) is 0. The van der Waals surface area contributed by atoms with E-state index in [0.717, 1.165) is 16.9 Å². The van der Waals surface area contributed by atoms with Crippen LogP contribution in [-0.4, -0.2) is 0 Å². The highest BCUT2D eigenvalue weighted by molar-refractivity contribution is 5.63. The summed E-state index contributed by atoms with van der Waals surface area (Å²) in [6, 6.07) is 20.5. The van der Waals surface area contributed by atoms with Crippen LogP contribution >= 0.6 is 0 Å². The fourth-order valence-corrected chi connectivity index (χ4v) is 2.50. The second-order valence-corrected chi connectivity index (χ2v) is 5.06. The summed E-state index contributed by atoms with van der Waals surface area (Å²) in [7, 11) is 0. The Balaban J connectivity index is 1.91. The van der Waals surface area contributed by atoms with Crippen LogP contribution < -0.4 is 11.3 Å². The zero-order valence-electron chi connectivity index (χ0n) is 11.9. The molecule has 0 saturated heterocycles. The molecule has 0 aliphatic rings. The van der Waals surface area contributed by atoms with Gasteiger partial charge in [-0.2, -0.15) is 0 Å². The minimum atomic E-state index is -0.134. The third kappa shape index (κ3) is 2.75. The first-order valence-corrected chi connectivity index (χ1v) is 6.95. The van der Waals surface area contributed by atoms with Crippen molar-refractivity contribution in [3.05, 3.63) is 83.8 Å². The summed E-state index contributed by atoms with van der Waals surface area (Å²) in [5.74, 6) is 6.56. The van der Waals surface area contributed by atoms with Crippen molar-refractivity contribution in [3.63, 3.8) is 0 Å². The molecular weight excluding hydrogens is 260 g/mol. The summed E-state index contributed by atoms with van der Waals surface area (Å²) in [5.41, 5.74) is 7.38. The predicted molar refractivity (Wildman–Crippen MR) is 84.5 cm³/mol. The monoisotopic (exact) mass is 278 g/mol. The molecule has 1 aromatic heterocycles. The van der Waals surface area contributed by atoms with E-state index in [-0.39, 0.29) is 6.04 Å². The summed E-state index contributed by atoms with van der Waals surface area (Å²) in [6.45, 7) is 2.02. The van der Waals surface area contributed by atoms with Crippen molar-refractivity contribution >= 4 is 0 Å². The number of rotatable bonds is 4. The highest BCUT2D eigenvalue weighted by atomic mass is 16.3. The van der Waals surface area contributed by atoms with E-state index in [1.54, 1.807) is 6.26 Å². The number of benzene rings is 2. The lowest BCUT2D eigenvalue weighted by Crippen LogP contribution is -2.28. The lowest BCUT2D eigenvalue weighted by molar-refractivity contribution is 0.449. The highest BCUT2D eigenvalue weighted by Gasteiger charge is 2.17. The number of furan rings is 1. The van der Waals surface area contributed by atoms with Gasteiger partial charge in [0.05, 0.1) is 6.26 Å². The topological polar surface area (TPSA) is 51.2 Å². The third-order valence-corrected chi connectivity index (χ3v) is 3.68. The van der Waals surface area contributed by atoms with E-state index >= 15 is 0 Å². The summed E-state index contributed by atoms with van der Waals surface area (Å²) < 4.78 is 5.54. The molecule has 0 spiro atoms. The Bertz CT molecular complexity index is 702. The lowest BCUT2D eigenvalue weighted by atomic mass is 9.99. The molecular formula is C18H18N2O. The Hall–Kier alpha value is -2.36. The van der Waals surface area contributed by atoms with Crippen molar-refractivity contribution in [2.45, 2.75) is 13.0 Å². The fraction of sp³-hybridized carbons (Fsp3) is 0.111. The average Bonchev–Trinajstić information content (AvgIpc) is 2.96. The van der Waals surface area contributed by atoms with Gasteiger partial charge in [-0.05, 0) is 35.2 Å². The zero-order chi connectivity index (χ0) is 14.7.